The number of carbonyl (C=O) groups is 1. The highest BCUT2D eigenvalue weighted by Crippen LogP contribution is 2.29. The standard InChI is InChI=1S/C19H26F2N2O2.ClH/c1-12-9-15(10-13(2)17(12)25-19(20)21)18(24)23-7-5-16(6-8-23)22-11-14-3-4-14;/h9-10,14,16,19,22H,3-8,11H2,1-2H3;1H. The number of rotatable bonds is 6. The zero-order chi connectivity index (χ0) is 18.0. The van der Waals surface area contributed by atoms with E-state index in [4.69, 9.17) is 0 Å². The molecule has 1 aromatic carbocycles. The third-order valence-electron chi connectivity index (χ3n) is 5.09. The van der Waals surface area contributed by atoms with Crippen molar-refractivity contribution in [2.75, 3.05) is 19.6 Å². The molecule has 0 bridgehead atoms. The number of piperidine rings is 1. The molecule has 3 rings (SSSR count). The zero-order valence-electron chi connectivity index (χ0n) is 15.3. The summed E-state index contributed by atoms with van der Waals surface area (Å²) >= 11 is 0. The van der Waals surface area contributed by atoms with Gasteiger partial charge in [-0.25, -0.2) is 0 Å². The van der Waals surface area contributed by atoms with Crippen LogP contribution in [0.5, 0.6) is 5.75 Å². The summed E-state index contributed by atoms with van der Waals surface area (Å²) in [5.41, 5.74) is 1.66. The van der Waals surface area contributed by atoms with E-state index < -0.39 is 6.61 Å². The summed E-state index contributed by atoms with van der Waals surface area (Å²) in [7, 11) is 0. The Bertz CT molecular complexity index is 607. The van der Waals surface area contributed by atoms with Gasteiger partial charge >= 0.3 is 6.61 Å². The van der Waals surface area contributed by atoms with E-state index in [0.717, 1.165) is 38.4 Å². The lowest BCUT2D eigenvalue weighted by Crippen LogP contribution is -2.45. The van der Waals surface area contributed by atoms with Gasteiger partial charge in [0, 0.05) is 24.7 Å². The minimum Gasteiger partial charge on any atom is -0.434 e. The molecule has 146 valence electrons. The molecule has 0 aromatic heterocycles. The molecular weight excluding hydrogens is 362 g/mol. The van der Waals surface area contributed by atoms with Crippen molar-refractivity contribution in [2.24, 2.45) is 5.92 Å². The van der Waals surface area contributed by atoms with Crippen LogP contribution >= 0.6 is 12.4 Å². The zero-order valence-corrected chi connectivity index (χ0v) is 16.1. The van der Waals surface area contributed by atoms with E-state index in [2.05, 4.69) is 10.1 Å². The molecule has 1 saturated heterocycles. The van der Waals surface area contributed by atoms with Crippen LogP contribution in [-0.2, 0) is 0 Å². The van der Waals surface area contributed by atoms with Crippen molar-refractivity contribution in [1.82, 2.24) is 10.2 Å². The van der Waals surface area contributed by atoms with E-state index in [0.29, 0.717) is 22.7 Å². The van der Waals surface area contributed by atoms with Crippen LogP contribution in [0.1, 0.15) is 47.2 Å². The molecule has 1 heterocycles. The first-order chi connectivity index (χ1) is 11.9. The summed E-state index contributed by atoms with van der Waals surface area (Å²) in [4.78, 5) is 14.6. The highest BCUT2D eigenvalue weighted by atomic mass is 35.5. The highest BCUT2D eigenvalue weighted by molar-refractivity contribution is 5.95. The third-order valence-corrected chi connectivity index (χ3v) is 5.09. The average Bonchev–Trinajstić information content (AvgIpc) is 3.40. The molecule has 1 N–H and O–H groups in total. The molecule has 1 aromatic rings. The molecule has 0 atom stereocenters. The molecule has 0 unspecified atom stereocenters. The van der Waals surface area contributed by atoms with Crippen molar-refractivity contribution < 1.29 is 18.3 Å². The number of nitrogens with one attached hydrogen (secondary N) is 1. The minimum atomic E-state index is -2.86. The molecule has 26 heavy (non-hydrogen) atoms. The van der Waals surface area contributed by atoms with Gasteiger partial charge in [0.25, 0.3) is 5.91 Å². The Labute approximate surface area is 159 Å². The molecule has 1 amide bonds. The Morgan fingerprint density at radius 1 is 1.19 bits per heavy atom. The maximum atomic E-state index is 12.7. The highest BCUT2D eigenvalue weighted by Gasteiger charge is 2.27. The predicted molar refractivity (Wildman–Crippen MR) is 99.4 cm³/mol. The molecule has 1 aliphatic heterocycles. The number of ether oxygens (including phenoxy) is 1. The fourth-order valence-corrected chi connectivity index (χ4v) is 3.47. The molecule has 2 aliphatic rings. The number of aryl methyl sites for hydroxylation is 2. The lowest BCUT2D eigenvalue weighted by atomic mass is 10.0. The molecule has 0 radical (unpaired) electrons. The maximum Gasteiger partial charge on any atom is 0.387 e. The van der Waals surface area contributed by atoms with Crippen molar-refractivity contribution in [1.29, 1.82) is 0 Å². The van der Waals surface area contributed by atoms with Crippen LogP contribution in [-0.4, -0.2) is 43.1 Å². The second kappa shape index (κ2) is 9.00. The van der Waals surface area contributed by atoms with Gasteiger partial charge in [-0.2, -0.15) is 8.78 Å². The second-order valence-electron chi connectivity index (χ2n) is 7.24. The fraction of sp³-hybridized carbons (Fsp3) is 0.632. The summed E-state index contributed by atoms with van der Waals surface area (Å²) in [5, 5.41) is 3.60. The molecule has 0 spiro atoms. The second-order valence-corrected chi connectivity index (χ2v) is 7.24. The third kappa shape index (κ3) is 5.30. The lowest BCUT2D eigenvalue weighted by Gasteiger charge is -2.33. The first kappa shape index (κ1) is 20.9. The average molecular weight is 389 g/mol. The van der Waals surface area contributed by atoms with Crippen molar-refractivity contribution in [3.63, 3.8) is 0 Å². The van der Waals surface area contributed by atoms with Crippen molar-refractivity contribution >= 4 is 18.3 Å². The van der Waals surface area contributed by atoms with Gasteiger partial charge in [0.1, 0.15) is 5.75 Å². The molecule has 2 fully saturated rings. The number of carbonyl (C=O) groups excluding carboxylic acids is 1. The summed E-state index contributed by atoms with van der Waals surface area (Å²) in [6, 6.07) is 3.78. The van der Waals surface area contributed by atoms with Crippen LogP contribution in [0.25, 0.3) is 0 Å². The van der Waals surface area contributed by atoms with Crippen molar-refractivity contribution in [3.05, 3.63) is 28.8 Å². The Morgan fingerprint density at radius 2 is 1.77 bits per heavy atom. The van der Waals surface area contributed by atoms with Gasteiger partial charge in [0.15, 0.2) is 0 Å². The summed E-state index contributed by atoms with van der Waals surface area (Å²) in [6.07, 6.45) is 4.61. The normalized spacial score (nSPS) is 18.0. The Kier molecular flexibility index (Phi) is 7.24. The smallest absolute Gasteiger partial charge is 0.387 e. The van der Waals surface area contributed by atoms with Crippen molar-refractivity contribution in [3.8, 4) is 5.75 Å². The predicted octanol–water partition coefficient (Wildman–Crippen LogP) is 3.93. The van der Waals surface area contributed by atoms with Gasteiger partial charge in [-0.15, -0.1) is 12.4 Å². The van der Waals surface area contributed by atoms with Gasteiger partial charge in [0.2, 0.25) is 0 Å². The fourth-order valence-electron chi connectivity index (χ4n) is 3.47. The summed E-state index contributed by atoms with van der Waals surface area (Å²) < 4.78 is 29.5. The van der Waals surface area contributed by atoms with E-state index in [1.54, 1.807) is 26.0 Å². The number of likely N-dealkylation sites (tertiary alicyclic amines) is 1. The van der Waals surface area contributed by atoms with E-state index >= 15 is 0 Å². The van der Waals surface area contributed by atoms with Crippen LogP contribution in [0, 0.1) is 19.8 Å². The maximum absolute atomic E-state index is 12.7. The topological polar surface area (TPSA) is 41.6 Å². The minimum absolute atomic E-state index is 0. The molecule has 1 saturated carbocycles. The SMILES string of the molecule is Cc1cc(C(=O)N2CCC(NCC3CC3)CC2)cc(C)c1OC(F)F.Cl. The number of benzene rings is 1. The molecular formula is C19H27ClF2N2O2. The van der Waals surface area contributed by atoms with Crippen molar-refractivity contribution in [2.45, 2.75) is 52.2 Å². The number of hydrogen-bond donors (Lipinski definition) is 1. The van der Waals surface area contributed by atoms with Gasteiger partial charge < -0.3 is 15.0 Å². The monoisotopic (exact) mass is 388 g/mol. The first-order valence-corrected chi connectivity index (χ1v) is 9.02. The van der Waals surface area contributed by atoms with Crippen LogP contribution in [0.3, 0.4) is 0 Å². The number of hydrogen-bond acceptors (Lipinski definition) is 3. The van der Waals surface area contributed by atoms with Crippen LogP contribution in [0.4, 0.5) is 8.78 Å². The number of halogens is 3. The molecule has 7 heteroatoms. The van der Waals surface area contributed by atoms with Gasteiger partial charge in [0.05, 0.1) is 0 Å². The number of amides is 1. The van der Waals surface area contributed by atoms with Crippen LogP contribution in [0.2, 0.25) is 0 Å². The van der Waals surface area contributed by atoms with E-state index in [1.807, 2.05) is 4.90 Å². The quantitative estimate of drug-likeness (QED) is 0.802. The summed E-state index contributed by atoms with van der Waals surface area (Å²) in [6.45, 7) is 3.08. The van der Waals surface area contributed by atoms with E-state index in [-0.39, 0.29) is 24.1 Å². The first-order valence-electron chi connectivity index (χ1n) is 9.02. The van der Waals surface area contributed by atoms with Crippen LogP contribution in [0.15, 0.2) is 12.1 Å². The Balaban J connectivity index is 0.00000243. The van der Waals surface area contributed by atoms with E-state index in [1.165, 1.54) is 12.8 Å². The van der Waals surface area contributed by atoms with Gasteiger partial charge in [-0.3, -0.25) is 4.79 Å². The largest absolute Gasteiger partial charge is 0.434 e. The lowest BCUT2D eigenvalue weighted by molar-refractivity contribution is -0.0507. The Hall–Kier alpha value is -1.40. The van der Waals surface area contributed by atoms with E-state index in [9.17, 15) is 13.6 Å². The van der Waals surface area contributed by atoms with Crippen LogP contribution < -0.4 is 10.1 Å². The number of alkyl halides is 2. The van der Waals surface area contributed by atoms with Gasteiger partial charge in [-0.1, -0.05) is 0 Å². The Morgan fingerprint density at radius 3 is 2.27 bits per heavy atom. The molecule has 4 nitrogen and oxygen atoms in total. The summed E-state index contributed by atoms with van der Waals surface area (Å²) in [5.74, 6) is 0.990. The number of nitrogens with zero attached hydrogens (tertiary/aromatic N) is 1. The molecule has 1 aliphatic carbocycles. The van der Waals surface area contributed by atoms with Gasteiger partial charge in [-0.05, 0) is 75.3 Å².